The zero-order valence-corrected chi connectivity index (χ0v) is 11.8. The van der Waals surface area contributed by atoms with Gasteiger partial charge in [-0.05, 0) is 41.5 Å². The van der Waals surface area contributed by atoms with Crippen LogP contribution in [0.1, 0.15) is 23.2 Å². The Hall–Kier alpha value is -2.77. The first-order chi connectivity index (χ1) is 10.6. The number of amides is 1. The van der Waals surface area contributed by atoms with Crippen LogP contribution in [-0.2, 0) is 4.79 Å². The van der Waals surface area contributed by atoms with Crippen LogP contribution in [-0.4, -0.2) is 55.2 Å². The zero-order valence-electron chi connectivity index (χ0n) is 11.8. The summed E-state index contributed by atoms with van der Waals surface area (Å²) in [5, 5.41) is 19.9. The monoisotopic (exact) mass is 301 g/mol. The first kappa shape index (κ1) is 14.2. The highest BCUT2D eigenvalue weighted by molar-refractivity contribution is 5.94. The lowest BCUT2D eigenvalue weighted by Gasteiger charge is -2.30. The molecule has 1 fully saturated rings. The van der Waals surface area contributed by atoms with Crippen molar-refractivity contribution in [1.82, 2.24) is 25.1 Å². The maximum atomic E-state index is 12.5. The van der Waals surface area contributed by atoms with E-state index in [1.165, 1.54) is 11.0 Å². The van der Waals surface area contributed by atoms with Gasteiger partial charge in [-0.25, -0.2) is 4.68 Å². The molecular formula is C14H15N5O3. The predicted molar refractivity (Wildman–Crippen MR) is 75.4 cm³/mol. The lowest BCUT2D eigenvalue weighted by molar-refractivity contribution is -0.143. The van der Waals surface area contributed by atoms with Gasteiger partial charge in [0.1, 0.15) is 6.33 Å². The molecule has 2 aromatic rings. The topological polar surface area (TPSA) is 101 Å². The summed E-state index contributed by atoms with van der Waals surface area (Å²) in [4.78, 5) is 25.2. The number of nitrogens with zero attached hydrogens (tertiary/aromatic N) is 5. The minimum atomic E-state index is -0.784. The van der Waals surface area contributed by atoms with Crippen LogP contribution in [0.5, 0.6) is 0 Å². The van der Waals surface area contributed by atoms with E-state index in [2.05, 4.69) is 15.5 Å². The molecule has 0 bridgehead atoms. The van der Waals surface area contributed by atoms with Crippen molar-refractivity contribution in [2.45, 2.75) is 12.8 Å². The molecule has 0 unspecified atom stereocenters. The molecular weight excluding hydrogens is 286 g/mol. The number of aliphatic carboxylic acids is 1. The Labute approximate surface area is 126 Å². The standard InChI is InChI=1S/C14H15N5O3/c20-13(18-6-4-10(5-7-18)14(21)22)11-2-1-3-12(8-11)19-9-15-16-17-19/h1-3,8-10H,4-7H2,(H,21,22). The molecule has 0 saturated carbocycles. The van der Waals surface area contributed by atoms with E-state index in [9.17, 15) is 9.59 Å². The molecule has 1 aliphatic heterocycles. The van der Waals surface area contributed by atoms with Gasteiger partial charge in [-0.15, -0.1) is 5.10 Å². The van der Waals surface area contributed by atoms with E-state index in [-0.39, 0.29) is 11.8 Å². The number of rotatable bonds is 3. The van der Waals surface area contributed by atoms with Gasteiger partial charge in [0.25, 0.3) is 5.91 Å². The van der Waals surface area contributed by atoms with E-state index in [0.717, 1.165) is 0 Å². The van der Waals surface area contributed by atoms with E-state index in [4.69, 9.17) is 5.11 Å². The summed E-state index contributed by atoms with van der Waals surface area (Å²) in [5.74, 6) is -1.23. The van der Waals surface area contributed by atoms with E-state index in [0.29, 0.717) is 37.2 Å². The molecule has 1 aromatic heterocycles. The molecule has 1 saturated heterocycles. The number of carbonyl (C=O) groups is 2. The SMILES string of the molecule is O=C(O)C1CCN(C(=O)c2cccc(-n3cnnn3)c2)CC1. The number of carboxylic acid groups (broad SMARTS) is 1. The van der Waals surface area contributed by atoms with Crippen LogP contribution in [0.4, 0.5) is 0 Å². The first-order valence-corrected chi connectivity index (χ1v) is 7.00. The van der Waals surface area contributed by atoms with Crippen molar-refractivity contribution < 1.29 is 14.7 Å². The number of carboxylic acids is 1. The van der Waals surface area contributed by atoms with Gasteiger partial charge >= 0.3 is 5.97 Å². The van der Waals surface area contributed by atoms with Crippen LogP contribution >= 0.6 is 0 Å². The maximum absolute atomic E-state index is 12.5. The number of piperidine rings is 1. The molecule has 8 nitrogen and oxygen atoms in total. The second kappa shape index (κ2) is 5.92. The van der Waals surface area contributed by atoms with Gasteiger partial charge in [-0.2, -0.15) is 0 Å². The van der Waals surface area contributed by atoms with Crippen LogP contribution in [0.25, 0.3) is 5.69 Å². The maximum Gasteiger partial charge on any atom is 0.306 e. The average molecular weight is 301 g/mol. The van der Waals surface area contributed by atoms with E-state index in [1.807, 2.05) is 6.07 Å². The molecule has 1 N–H and O–H groups in total. The Morgan fingerprint density at radius 3 is 2.64 bits per heavy atom. The predicted octanol–water partition coefficient (Wildman–Crippen LogP) is 0.599. The molecule has 22 heavy (non-hydrogen) atoms. The van der Waals surface area contributed by atoms with E-state index < -0.39 is 5.97 Å². The van der Waals surface area contributed by atoms with Gasteiger partial charge in [-0.1, -0.05) is 6.07 Å². The second-order valence-corrected chi connectivity index (χ2v) is 5.21. The molecule has 2 heterocycles. The van der Waals surface area contributed by atoms with Crippen molar-refractivity contribution in [2.75, 3.05) is 13.1 Å². The fraction of sp³-hybridized carbons (Fsp3) is 0.357. The second-order valence-electron chi connectivity index (χ2n) is 5.21. The van der Waals surface area contributed by atoms with Crippen molar-refractivity contribution in [3.05, 3.63) is 36.2 Å². The van der Waals surface area contributed by atoms with Crippen LogP contribution in [0.15, 0.2) is 30.6 Å². The summed E-state index contributed by atoms with van der Waals surface area (Å²) in [7, 11) is 0. The van der Waals surface area contributed by atoms with E-state index >= 15 is 0 Å². The van der Waals surface area contributed by atoms with Crippen LogP contribution < -0.4 is 0 Å². The van der Waals surface area contributed by atoms with Crippen LogP contribution in [0.2, 0.25) is 0 Å². The third-order valence-electron chi connectivity index (χ3n) is 3.84. The molecule has 114 valence electrons. The van der Waals surface area contributed by atoms with Crippen molar-refractivity contribution in [1.29, 1.82) is 0 Å². The summed E-state index contributed by atoms with van der Waals surface area (Å²) in [6.45, 7) is 0.926. The molecule has 8 heteroatoms. The molecule has 0 radical (unpaired) electrons. The highest BCUT2D eigenvalue weighted by Gasteiger charge is 2.27. The largest absolute Gasteiger partial charge is 0.481 e. The number of carbonyl (C=O) groups excluding carboxylic acids is 1. The van der Waals surface area contributed by atoms with Gasteiger partial charge in [0.15, 0.2) is 0 Å². The quantitative estimate of drug-likeness (QED) is 0.890. The molecule has 3 rings (SSSR count). The Balaban J connectivity index is 1.73. The lowest BCUT2D eigenvalue weighted by atomic mass is 9.96. The number of tetrazole rings is 1. The van der Waals surface area contributed by atoms with Crippen LogP contribution in [0.3, 0.4) is 0 Å². The third-order valence-corrected chi connectivity index (χ3v) is 3.84. The number of benzene rings is 1. The van der Waals surface area contributed by atoms with Crippen molar-refractivity contribution in [3.63, 3.8) is 0 Å². The third kappa shape index (κ3) is 2.80. The van der Waals surface area contributed by atoms with Crippen molar-refractivity contribution in [2.24, 2.45) is 5.92 Å². The normalized spacial score (nSPS) is 15.7. The minimum absolute atomic E-state index is 0.0984. The highest BCUT2D eigenvalue weighted by atomic mass is 16.4. The molecule has 0 aliphatic carbocycles. The molecule has 1 aromatic carbocycles. The van der Waals surface area contributed by atoms with Gasteiger partial charge in [0.2, 0.25) is 0 Å². The van der Waals surface area contributed by atoms with Gasteiger partial charge < -0.3 is 10.0 Å². The molecule has 1 aliphatic rings. The highest BCUT2D eigenvalue weighted by Crippen LogP contribution is 2.20. The Bertz CT molecular complexity index is 678. The Kier molecular flexibility index (Phi) is 3.82. The Morgan fingerprint density at radius 2 is 2.00 bits per heavy atom. The fourth-order valence-corrected chi connectivity index (χ4v) is 2.57. The first-order valence-electron chi connectivity index (χ1n) is 7.00. The summed E-state index contributed by atoms with van der Waals surface area (Å²) in [6.07, 6.45) is 2.45. The van der Waals surface area contributed by atoms with Gasteiger partial charge in [0.05, 0.1) is 11.6 Å². The zero-order chi connectivity index (χ0) is 15.5. The number of aromatic nitrogens is 4. The number of hydrogen-bond donors (Lipinski definition) is 1. The lowest BCUT2D eigenvalue weighted by Crippen LogP contribution is -2.40. The average Bonchev–Trinajstić information content (AvgIpc) is 3.09. The number of hydrogen-bond acceptors (Lipinski definition) is 5. The number of likely N-dealkylation sites (tertiary alicyclic amines) is 1. The van der Waals surface area contributed by atoms with Crippen molar-refractivity contribution in [3.8, 4) is 5.69 Å². The smallest absolute Gasteiger partial charge is 0.306 e. The molecule has 1 amide bonds. The van der Waals surface area contributed by atoms with Gasteiger partial charge in [-0.3, -0.25) is 9.59 Å². The van der Waals surface area contributed by atoms with Crippen molar-refractivity contribution >= 4 is 11.9 Å². The minimum Gasteiger partial charge on any atom is -0.481 e. The van der Waals surface area contributed by atoms with Gasteiger partial charge in [0, 0.05) is 18.7 Å². The summed E-state index contributed by atoms with van der Waals surface area (Å²) >= 11 is 0. The fourth-order valence-electron chi connectivity index (χ4n) is 2.57. The Morgan fingerprint density at radius 1 is 1.23 bits per heavy atom. The summed E-state index contributed by atoms with van der Waals surface area (Å²) in [6, 6.07) is 7.04. The molecule has 0 spiro atoms. The summed E-state index contributed by atoms with van der Waals surface area (Å²) < 4.78 is 1.48. The summed E-state index contributed by atoms with van der Waals surface area (Å²) in [5.41, 5.74) is 1.25. The van der Waals surface area contributed by atoms with Crippen LogP contribution in [0, 0.1) is 5.92 Å². The molecule has 0 atom stereocenters. The van der Waals surface area contributed by atoms with E-state index in [1.54, 1.807) is 23.1 Å².